The van der Waals surface area contributed by atoms with Crippen LogP contribution in [0.3, 0.4) is 0 Å². The van der Waals surface area contributed by atoms with Crippen molar-refractivity contribution < 1.29 is 13.9 Å². The Morgan fingerprint density at radius 1 is 1.29 bits per heavy atom. The van der Waals surface area contributed by atoms with E-state index in [0.717, 1.165) is 5.56 Å². The lowest BCUT2D eigenvalue weighted by Crippen LogP contribution is -2.30. The number of carbonyl (C=O) groups is 1. The third-order valence-electron chi connectivity index (χ3n) is 2.90. The number of carbonyl (C=O) groups excluding carboxylic acids is 1. The van der Waals surface area contributed by atoms with Crippen LogP contribution in [-0.4, -0.2) is 12.0 Å². The van der Waals surface area contributed by atoms with Gasteiger partial charge < -0.3 is 10.1 Å². The number of nitrogens with one attached hydrogen (secondary N) is 1. The maximum absolute atomic E-state index is 13.1. The molecule has 2 aromatic rings. The van der Waals surface area contributed by atoms with Gasteiger partial charge in [-0.1, -0.05) is 17.7 Å². The number of amides is 1. The summed E-state index contributed by atoms with van der Waals surface area (Å²) < 4.78 is 18.7. The molecule has 0 aliphatic carbocycles. The van der Waals surface area contributed by atoms with Crippen LogP contribution in [0, 0.1) is 12.7 Å². The maximum Gasteiger partial charge on any atom is 0.265 e. The van der Waals surface area contributed by atoms with Gasteiger partial charge in [-0.15, -0.1) is 0 Å². The Morgan fingerprint density at radius 3 is 2.71 bits per heavy atom. The van der Waals surface area contributed by atoms with Crippen molar-refractivity contribution in [2.45, 2.75) is 20.0 Å². The molecule has 2 aromatic carbocycles. The van der Waals surface area contributed by atoms with Crippen LogP contribution in [0.25, 0.3) is 0 Å². The zero-order chi connectivity index (χ0) is 15.4. The van der Waals surface area contributed by atoms with Crippen molar-refractivity contribution in [3.63, 3.8) is 0 Å². The Labute approximate surface area is 127 Å². The Balaban J connectivity index is 2.02. The van der Waals surface area contributed by atoms with E-state index in [-0.39, 0.29) is 5.91 Å². The van der Waals surface area contributed by atoms with E-state index in [1.54, 1.807) is 31.2 Å². The number of aryl methyl sites for hydroxylation is 1. The van der Waals surface area contributed by atoms with Crippen molar-refractivity contribution in [1.82, 2.24) is 0 Å². The van der Waals surface area contributed by atoms with E-state index in [9.17, 15) is 9.18 Å². The highest BCUT2D eigenvalue weighted by molar-refractivity contribution is 6.30. The van der Waals surface area contributed by atoms with E-state index in [0.29, 0.717) is 16.5 Å². The molecule has 2 rings (SSSR count). The normalized spacial score (nSPS) is 11.8. The molecule has 0 radical (unpaired) electrons. The first-order chi connectivity index (χ1) is 9.95. The minimum Gasteiger partial charge on any atom is -0.481 e. The number of hydrogen-bond donors (Lipinski definition) is 1. The molecule has 0 saturated carbocycles. The predicted molar refractivity (Wildman–Crippen MR) is 81.3 cm³/mol. The largest absolute Gasteiger partial charge is 0.481 e. The number of halogens is 2. The average Bonchev–Trinajstić information content (AvgIpc) is 2.41. The summed E-state index contributed by atoms with van der Waals surface area (Å²) in [5.41, 5.74) is 1.23. The average molecular weight is 308 g/mol. The number of anilines is 1. The summed E-state index contributed by atoms with van der Waals surface area (Å²) in [5, 5.41) is 3.21. The van der Waals surface area contributed by atoms with Gasteiger partial charge in [0.1, 0.15) is 11.6 Å². The van der Waals surface area contributed by atoms with Crippen molar-refractivity contribution in [1.29, 1.82) is 0 Å². The van der Waals surface area contributed by atoms with Gasteiger partial charge in [0.2, 0.25) is 0 Å². The molecule has 0 heterocycles. The van der Waals surface area contributed by atoms with Gasteiger partial charge in [-0.2, -0.15) is 0 Å². The predicted octanol–water partition coefficient (Wildman–Crippen LogP) is 4.19. The zero-order valence-corrected chi connectivity index (χ0v) is 12.4. The smallest absolute Gasteiger partial charge is 0.265 e. The Kier molecular flexibility index (Phi) is 4.81. The molecule has 1 amide bonds. The molecule has 110 valence electrons. The van der Waals surface area contributed by atoms with Crippen molar-refractivity contribution in [2.24, 2.45) is 0 Å². The Morgan fingerprint density at radius 2 is 2.05 bits per heavy atom. The van der Waals surface area contributed by atoms with Crippen LogP contribution in [-0.2, 0) is 4.79 Å². The van der Waals surface area contributed by atoms with Crippen molar-refractivity contribution in [2.75, 3.05) is 5.32 Å². The van der Waals surface area contributed by atoms with Crippen LogP contribution in [0.2, 0.25) is 5.02 Å². The van der Waals surface area contributed by atoms with Gasteiger partial charge in [-0.3, -0.25) is 4.79 Å². The van der Waals surface area contributed by atoms with Crippen LogP contribution in [0.1, 0.15) is 12.5 Å². The fourth-order valence-corrected chi connectivity index (χ4v) is 2.03. The number of ether oxygens (including phenoxy) is 1. The molecule has 0 aliphatic rings. The van der Waals surface area contributed by atoms with Gasteiger partial charge in [0.05, 0.1) is 0 Å². The van der Waals surface area contributed by atoms with Crippen LogP contribution in [0.5, 0.6) is 5.75 Å². The first-order valence-electron chi connectivity index (χ1n) is 6.45. The third-order valence-corrected chi connectivity index (χ3v) is 3.14. The molecule has 21 heavy (non-hydrogen) atoms. The lowest BCUT2D eigenvalue weighted by Gasteiger charge is -2.16. The van der Waals surface area contributed by atoms with E-state index in [2.05, 4.69) is 5.32 Å². The maximum atomic E-state index is 13.1. The monoisotopic (exact) mass is 307 g/mol. The zero-order valence-electron chi connectivity index (χ0n) is 11.7. The summed E-state index contributed by atoms with van der Waals surface area (Å²) in [6.07, 6.45) is -0.715. The van der Waals surface area contributed by atoms with Gasteiger partial charge in [0, 0.05) is 10.7 Å². The fourth-order valence-electron chi connectivity index (χ4n) is 1.80. The number of hydrogen-bond acceptors (Lipinski definition) is 2. The molecule has 1 N–H and O–H groups in total. The summed E-state index contributed by atoms with van der Waals surface area (Å²) in [4.78, 5) is 12.0. The van der Waals surface area contributed by atoms with E-state index < -0.39 is 11.9 Å². The Bertz CT molecular complexity index is 660. The van der Waals surface area contributed by atoms with E-state index >= 15 is 0 Å². The van der Waals surface area contributed by atoms with Crippen molar-refractivity contribution >= 4 is 23.2 Å². The topological polar surface area (TPSA) is 38.3 Å². The summed E-state index contributed by atoms with van der Waals surface area (Å²) in [7, 11) is 0. The van der Waals surface area contributed by atoms with Gasteiger partial charge in [-0.05, 0) is 55.8 Å². The first kappa shape index (κ1) is 15.3. The van der Waals surface area contributed by atoms with Gasteiger partial charge >= 0.3 is 0 Å². The molecule has 1 atom stereocenters. The highest BCUT2D eigenvalue weighted by Crippen LogP contribution is 2.23. The molecule has 0 aromatic heterocycles. The van der Waals surface area contributed by atoms with Crippen molar-refractivity contribution in [3.05, 3.63) is 58.9 Å². The minimum atomic E-state index is -0.715. The lowest BCUT2D eigenvalue weighted by atomic mass is 10.2. The molecule has 0 fully saturated rings. The van der Waals surface area contributed by atoms with Gasteiger partial charge in [0.25, 0.3) is 5.91 Å². The highest BCUT2D eigenvalue weighted by atomic mass is 35.5. The highest BCUT2D eigenvalue weighted by Gasteiger charge is 2.16. The molecule has 0 aliphatic heterocycles. The van der Waals surface area contributed by atoms with Crippen LogP contribution >= 0.6 is 11.6 Å². The lowest BCUT2D eigenvalue weighted by molar-refractivity contribution is -0.122. The molecule has 0 unspecified atom stereocenters. The molecular formula is C16H15ClFNO2. The second-order valence-corrected chi connectivity index (χ2v) is 5.11. The molecule has 0 bridgehead atoms. The molecular weight excluding hydrogens is 293 g/mol. The number of benzene rings is 2. The fraction of sp³-hybridized carbons (Fsp3) is 0.188. The Hall–Kier alpha value is -2.07. The minimum absolute atomic E-state index is 0.352. The van der Waals surface area contributed by atoms with E-state index in [4.69, 9.17) is 16.3 Å². The standard InChI is InChI=1S/C16H15ClFNO2/c1-10-8-12(17)6-7-15(10)21-11(2)16(20)19-14-5-3-4-13(18)9-14/h3-9,11H,1-2H3,(H,19,20)/t11-/m0/s1. The van der Waals surface area contributed by atoms with E-state index in [1.807, 2.05) is 6.92 Å². The third kappa shape index (κ3) is 4.20. The van der Waals surface area contributed by atoms with Crippen LogP contribution in [0.4, 0.5) is 10.1 Å². The van der Waals surface area contributed by atoms with Crippen LogP contribution in [0.15, 0.2) is 42.5 Å². The van der Waals surface area contributed by atoms with Gasteiger partial charge in [-0.25, -0.2) is 4.39 Å². The summed E-state index contributed by atoms with van der Waals surface area (Å²) >= 11 is 5.87. The SMILES string of the molecule is Cc1cc(Cl)ccc1O[C@@H](C)C(=O)Nc1cccc(F)c1. The number of rotatable bonds is 4. The molecule has 5 heteroatoms. The summed E-state index contributed by atoms with van der Waals surface area (Å²) in [6, 6.07) is 10.9. The summed E-state index contributed by atoms with van der Waals surface area (Å²) in [5.74, 6) is -0.175. The molecule has 3 nitrogen and oxygen atoms in total. The second kappa shape index (κ2) is 6.59. The quantitative estimate of drug-likeness (QED) is 0.919. The molecule has 0 saturated heterocycles. The second-order valence-electron chi connectivity index (χ2n) is 4.67. The van der Waals surface area contributed by atoms with Crippen LogP contribution < -0.4 is 10.1 Å². The van der Waals surface area contributed by atoms with Crippen molar-refractivity contribution in [3.8, 4) is 5.75 Å². The van der Waals surface area contributed by atoms with Gasteiger partial charge in [0.15, 0.2) is 6.10 Å². The molecule has 0 spiro atoms. The van der Waals surface area contributed by atoms with E-state index in [1.165, 1.54) is 18.2 Å². The first-order valence-corrected chi connectivity index (χ1v) is 6.83. The summed E-state index contributed by atoms with van der Waals surface area (Å²) in [6.45, 7) is 3.47.